The zero-order valence-electron chi connectivity index (χ0n) is 32.7. The minimum absolute atomic E-state index is 0.115. The quantitative estimate of drug-likeness (QED) is 0.106. The Morgan fingerprint density at radius 2 is 1.69 bits per heavy atom. The number of nitrogens with one attached hydrogen (secondary N) is 3. The van der Waals surface area contributed by atoms with Gasteiger partial charge in [0.1, 0.15) is 12.6 Å². The maximum absolute atomic E-state index is 14.0. The fourth-order valence-electron chi connectivity index (χ4n) is 8.74. The highest BCUT2D eigenvalue weighted by molar-refractivity contribution is 7.89. The van der Waals surface area contributed by atoms with E-state index in [4.69, 9.17) is 9.47 Å². The molecule has 0 aliphatic carbocycles. The average Bonchev–Trinajstić information content (AvgIpc) is 3.83. The molecule has 308 valence electrons. The maximum atomic E-state index is 14.0. The van der Waals surface area contributed by atoms with E-state index < -0.39 is 28.0 Å². The monoisotopic (exact) mass is 821 g/mol. The number of aryl methyl sites for hydroxylation is 1. The molecule has 4 N–H and O–H groups in total. The number of rotatable bonds is 14. The zero-order valence-corrected chi connectivity index (χ0v) is 33.5. The van der Waals surface area contributed by atoms with E-state index in [0.717, 1.165) is 39.1 Å². The number of sulfonamides is 1. The van der Waals surface area contributed by atoms with Gasteiger partial charge in [0, 0.05) is 42.4 Å². The third-order valence-corrected chi connectivity index (χ3v) is 13.6. The molecule has 14 nitrogen and oxygen atoms in total. The predicted molar refractivity (Wildman–Crippen MR) is 219 cm³/mol. The standard InChI is InChI=1S/C44H47N5O9S/c1-27-8-11-32(12-9-27)59(55,56)49-18-16-34-38(25-50)46-37-13-10-30(23-35(37)42(34)49)29-5-2-6-31(22-29)45-41(52)26-58-21-20-57-19-17-28-4-3-7-33-36(28)24-48(44(33)54)39-14-15-40(51)47-43(39)53/h2-13,22-23,34,38-39,42,46,50H,14-21,24-26H2,1H3,(H,45,52)(H,47,51,53)/t34-,38+,39?,42-/m1/s1. The van der Waals surface area contributed by atoms with Gasteiger partial charge in [-0.1, -0.05) is 48.0 Å². The molecule has 2 fully saturated rings. The number of hydrogen-bond donors (Lipinski definition) is 4. The lowest BCUT2D eigenvalue weighted by Crippen LogP contribution is -2.52. The molecule has 4 atom stereocenters. The Kier molecular flexibility index (Phi) is 11.6. The summed E-state index contributed by atoms with van der Waals surface area (Å²) in [4.78, 5) is 51.8. The molecule has 4 aromatic carbocycles. The van der Waals surface area contributed by atoms with E-state index in [-0.39, 0.29) is 67.4 Å². The molecule has 0 aromatic heterocycles. The smallest absolute Gasteiger partial charge is 0.255 e. The summed E-state index contributed by atoms with van der Waals surface area (Å²) in [6.45, 7) is 3.09. The lowest BCUT2D eigenvalue weighted by atomic mass is 9.82. The van der Waals surface area contributed by atoms with Crippen molar-refractivity contribution in [1.82, 2.24) is 14.5 Å². The van der Waals surface area contributed by atoms with Gasteiger partial charge in [-0.15, -0.1) is 0 Å². The van der Waals surface area contributed by atoms with Crippen LogP contribution < -0.4 is 16.0 Å². The second-order valence-electron chi connectivity index (χ2n) is 15.4. The minimum Gasteiger partial charge on any atom is -0.394 e. The normalized spacial score (nSPS) is 21.4. The molecule has 0 bridgehead atoms. The van der Waals surface area contributed by atoms with E-state index in [1.807, 2.05) is 55.5 Å². The van der Waals surface area contributed by atoms with E-state index in [9.17, 15) is 32.7 Å². The van der Waals surface area contributed by atoms with Crippen LogP contribution in [0.25, 0.3) is 11.1 Å². The maximum Gasteiger partial charge on any atom is 0.255 e. The van der Waals surface area contributed by atoms with Gasteiger partial charge >= 0.3 is 0 Å². The molecule has 4 heterocycles. The SMILES string of the molecule is Cc1ccc(S(=O)(=O)N2CC[C@@H]3[C@H](CO)Nc4ccc(-c5cccc(NC(=O)COCCOCCc6cccc7c6CN(C6CCC(=O)NC6=O)C7=O)c5)cc4[C@@H]32)cc1. The summed E-state index contributed by atoms with van der Waals surface area (Å²) in [5, 5.41) is 18.9. The van der Waals surface area contributed by atoms with Crippen LogP contribution in [-0.2, 0) is 46.8 Å². The number of aliphatic hydroxyl groups excluding tert-OH is 1. The first-order valence-corrected chi connectivity index (χ1v) is 21.4. The average molecular weight is 822 g/mol. The first-order valence-electron chi connectivity index (χ1n) is 19.9. The summed E-state index contributed by atoms with van der Waals surface area (Å²) in [5.41, 5.74) is 7.24. The van der Waals surface area contributed by atoms with Gasteiger partial charge in [0.15, 0.2) is 0 Å². The van der Waals surface area contributed by atoms with Crippen molar-refractivity contribution in [3.63, 3.8) is 0 Å². The number of benzene rings is 4. The number of amides is 4. The van der Waals surface area contributed by atoms with Crippen LogP contribution in [0, 0.1) is 12.8 Å². The van der Waals surface area contributed by atoms with Crippen molar-refractivity contribution >= 4 is 45.0 Å². The van der Waals surface area contributed by atoms with E-state index in [1.54, 1.807) is 40.7 Å². The Hall–Kier alpha value is -5.45. The number of hydrogen-bond acceptors (Lipinski definition) is 10. The van der Waals surface area contributed by atoms with Crippen LogP contribution >= 0.6 is 0 Å². The number of fused-ring (bicyclic) bond motifs is 4. The van der Waals surface area contributed by atoms with E-state index >= 15 is 0 Å². The number of nitrogens with zero attached hydrogens (tertiary/aromatic N) is 2. The Balaban J connectivity index is 0.837. The van der Waals surface area contributed by atoms with Crippen LogP contribution in [-0.4, -0.2) is 98.0 Å². The van der Waals surface area contributed by atoms with E-state index in [2.05, 4.69) is 16.0 Å². The number of carbonyl (C=O) groups excluding carboxylic acids is 4. The Morgan fingerprint density at radius 3 is 2.49 bits per heavy atom. The Labute approximate surface area is 342 Å². The van der Waals surface area contributed by atoms with E-state index in [1.165, 1.54) is 4.90 Å². The lowest BCUT2D eigenvalue weighted by molar-refractivity contribution is -0.137. The summed E-state index contributed by atoms with van der Waals surface area (Å²) in [5.74, 6) is -1.43. The van der Waals surface area contributed by atoms with Crippen LogP contribution in [0.1, 0.15) is 57.9 Å². The number of piperidine rings is 1. The molecule has 0 spiro atoms. The summed E-state index contributed by atoms with van der Waals surface area (Å²) in [7, 11) is -3.81. The van der Waals surface area contributed by atoms with Crippen LogP contribution in [0.15, 0.2) is 89.8 Å². The highest BCUT2D eigenvalue weighted by Crippen LogP contribution is 2.49. The summed E-state index contributed by atoms with van der Waals surface area (Å²) in [6, 6.07) is 24.3. The summed E-state index contributed by atoms with van der Waals surface area (Å²) in [6.07, 6.45) is 1.67. The topological polar surface area (TPSA) is 184 Å². The first kappa shape index (κ1) is 40.3. The molecular formula is C44H47N5O9S. The second-order valence-corrected chi connectivity index (χ2v) is 17.3. The van der Waals surface area contributed by atoms with Gasteiger partial charge in [-0.25, -0.2) is 8.42 Å². The molecular weight excluding hydrogens is 775 g/mol. The Bertz CT molecular complexity index is 2390. The highest BCUT2D eigenvalue weighted by atomic mass is 32.2. The second kappa shape index (κ2) is 17.0. The lowest BCUT2D eigenvalue weighted by Gasteiger charge is -2.39. The number of aliphatic hydroxyl groups is 1. The molecule has 0 radical (unpaired) electrons. The van der Waals surface area contributed by atoms with Gasteiger partial charge in [-0.05, 0) is 96.5 Å². The number of carbonyl (C=O) groups is 4. The molecule has 8 rings (SSSR count). The zero-order chi connectivity index (χ0) is 41.3. The van der Waals surface area contributed by atoms with Crippen molar-refractivity contribution in [1.29, 1.82) is 0 Å². The van der Waals surface area contributed by atoms with Crippen molar-refractivity contribution in [3.8, 4) is 11.1 Å². The molecule has 1 unspecified atom stereocenters. The van der Waals surface area contributed by atoms with Crippen molar-refractivity contribution in [2.24, 2.45) is 5.92 Å². The predicted octanol–water partition coefficient (Wildman–Crippen LogP) is 4.18. The number of anilines is 2. The number of imide groups is 1. The van der Waals surface area contributed by atoms with Crippen molar-refractivity contribution < 1.29 is 42.2 Å². The fourth-order valence-corrected chi connectivity index (χ4v) is 10.4. The fraction of sp³-hybridized carbons (Fsp3) is 0.364. The van der Waals surface area contributed by atoms with E-state index in [0.29, 0.717) is 50.2 Å². The van der Waals surface area contributed by atoms with Crippen LogP contribution in [0.5, 0.6) is 0 Å². The van der Waals surface area contributed by atoms with Crippen molar-refractivity contribution in [2.45, 2.75) is 62.2 Å². The van der Waals surface area contributed by atoms with Gasteiger partial charge in [-0.2, -0.15) is 4.31 Å². The molecule has 2 saturated heterocycles. The van der Waals surface area contributed by atoms with Crippen LogP contribution in [0.4, 0.5) is 11.4 Å². The minimum atomic E-state index is -3.81. The largest absolute Gasteiger partial charge is 0.394 e. The third kappa shape index (κ3) is 8.25. The molecule has 4 aliphatic heterocycles. The van der Waals surface area contributed by atoms with Gasteiger partial charge in [0.2, 0.25) is 27.7 Å². The third-order valence-electron chi connectivity index (χ3n) is 11.7. The summed E-state index contributed by atoms with van der Waals surface area (Å²) < 4.78 is 40.9. The number of ether oxygens (including phenoxy) is 2. The van der Waals surface area contributed by atoms with Crippen LogP contribution in [0.2, 0.25) is 0 Å². The molecule has 0 saturated carbocycles. The molecule has 4 aliphatic rings. The van der Waals surface area contributed by atoms with Gasteiger partial charge < -0.3 is 30.1 Å². The molecule has 59 heavy (non-hydrogen) atoms. The highest BCUT2D eigenvalue weighted by Gasteiger charge is 2.48. The van der Waals surface area contributed by atoms with Crippen molar-refractivity contribution in [3.05, 3.63) is 113 Å². The molecule has 4 amide bonds. The molecule has 4 aromatic rings. The molecule has 15 heteroatoms. The van der Waals surface area contributed by atoms with Gasteiger partial charge in [0.05, 0.1) is 43.4 Å². The van der Waals surface area contributed by atoms with Crippen molar-refractivity contribution in [2.75, 3.05) is 50.2 Å². The summed E-state index contributed by atoms with van der Waals surface area (Å²) >= 11 is 0. The Morgan fingerprint density at radius 1 is 0.915 bits per heavy atom. The first-order chi connectivity index (χ1) is 28.5. The van der Waals surface area contributed by atoms with Crippen LogP contribution in [0.3, 0.4) is 0 Å². The van der Waals surface area contributed by atoms with Gasteiger partial charge in [0.25, 0.3) is 5.91 Å². The van der Waals surface area contributed by atoms with Gasteiger partial charge in [-0.3, -0.25) is 24.5 Å².